The minimum Gasteiger partial charge on any atom is -0.507 e. The Morgan fingerprint density at radius 2 is 2.14 bits per heavy atom. The summed E-state index contributed by atoms with van der Waals surface area (Å²) in [7, 11) is 1.45. The highest BCUT2D eigenvalue weighted by molar-refractivity contribution is 5.88. The van der Waals surface area contributed by atoms with Crippen molar-refractivity contribution in [1.82, 2.24) is 0 Å². The molecule has 0 aliphatic rings. The number of phenolic OH excluding ortho intramolecular Hbond substituents is 1. The van der Waals surface area contributed by atoms with E-state index in [1.165, 1.54) is 19.2 Å². The van der Waals surface area contributed by atoms with Crippen LogP contribution in [0.25, 0.3) is 11.0 Å². The fourth-order valence-electron chi connectivity index (χ4n) is 2.20. The van der Waals surface area contributed by atoms with Gasteiger partial charge in [-0.25, -0.2) is 0 Å². The zero-order valence-electron chi connectivity index (χ0n) is 12.3. The highest BCUT2D eigenvalue weighted by Gasteiger charge is 2.20. The molecule has 5 nitrogen and oxygen atoms in total. The van der Waals surface area contributed by atoms with Gasteiger partial charge >= 0.3 is 0 Å². The zero-order chi connectivity index (χ0) is 15.7. The van der Waals surface area contributed by atoms with E-state index in [1.807, 2.05) is 0 Å². The van der Waals surface area contributed by atoms with Crippen molar-refractivity contribution < 1.29 is 19.4 Å². The summed E-state index contributed by atoms with van der Waals surface area (Å²) in [6.07, 6.45) is -0.612. The number of hydrogen-bond acceptors (Lipinski definition) is 5. The second-order valence-electron chi connectivity index (χ2n) is 5.07. The van der Waals surface area contributed by atoms with Gasteiger partial charge in [0.15, 0.2) is 5.43 Å². The van der Waals surface area contributed by atoms with Gasteiger partial charge in [-0.3, -0.25) is 4.79 Å². The van der Waals surface area contributed by atoms with Crippen molar-refractivity contribution in [2.45, 2.75) is 26.4 Å². The first-order chi connectivity index (χ1) is 9.85. The molecule has 1 unspecified atom stereocenters. The molecule has 0 amide bonds. The van der Waals surface area contributed by atoms with Gasteiger partial charge < -0.3 is 19.4 Å². The molecular formula is C16H18O5. The Labute approximate surface area is 122 Å². The molecule has 0 aliphatic carbocycles. The standard InChI is InChI=1S/C16H18O5/c1-8(2)11(17)6-10-14(20-4)7-13(19)15-12(18)5-9(3)21-16(10)15/h5,7,11,17,19H,1,6H2,2-4H3. The molecule has 0 radical (unpaired) electrons. The Balaban J connectivity index is 2.80. The predicted molar refractivity (Wildman–Crippen MR) is 80.0 cm³/mol. The molecule has 2 N–H and O–H groups in total. The topological polar surface area (TPSA) is 79.9 Å². The molecule has 0 saturated heterocycles. The molecule has 5 heteroatoms. The van der Waals surface area contributed by atoms with Crippen molar-refractivity contribution in [3.63, 3.8) is 0 Å². The average molecular weight is 290 g/mol. The van der Waals surface area contributed by atoms with Crippen LogP contribution in [0.3, 0.4) is 0 Å². The summed E-state index contributed by atoms with van der Waals surface area (Å²) in [6.45, 7) is 7.07. The van der Waals surface area contributed by atoms with Gasteiger partial charge in [0.2, 0.25) is 0 Å². The van der Waals surface area contributed by atoms with E-state index in [4.69, 9.17) is 9.15 Å². The molecule has 0 bridgehead atoms. The number of aryl methyl sites for hydroxylation is 1. The lowest BCUT2D eigenvalue weighted by Crippen LogP contribution is -2.13. The van der Waals surface area contributed by atoms with Crippen molar-refractivity contribution in [2.75, 3.05) is 7.11 Å². The van der Waals surface area contributed by atoms with E-state index >= 15 is 0 Å². The van der Waals surface area contributed by atoms with Crippen LogP contribution in [-0.4, -0.2) is 23.4 Å². The van der Waals surface area contributed by atoms with Gasteiger partial charge in [-0.1, -0.05) is 12.2 Å². The number of aliphatic hydroxyl groups excluding tert-OH is 1. The number of hydrogen-bond donors (Lipinski definition) is 2. The van der Waals surface area contributed by atoms with Gasteiger partial charge in [-0.2, -0.15) is 0 Å². The van der Waals surface area contributed by atoms with Crippen LogP contribution in [0.1, 0.15) is 18.2 Å². The van der Waals surface area contributed by atoms with Gasteiger partial charge in [-0.05, 0) is 13.8 Å². The highest BCUT2D eigenvalue weighted by atomic mass is 16.5. The van der Waals surface area contributed by atoms with E-state index in [-0.39, 0.29) is 28.6 Å². The van der Waals surface area contributed by atoms with Crippen LogP contribution in [0.4, 0.5) is 0 Å². The summed E-state index contributed by atoms with van der Waals surface area (Å²) in [6, 6.07) is 2.67. The molecule has 1 aromatic carbocycles. The molecule has 0 spiro atoms. The van der Waals surface area contributed by atoms with Gasteiger partial charge in [0.1, 0.15) is 28.2 Å². The van der Waals surface area contributed by atoms with Crippen molar-refractivity contribution >= 4 is 11.0 Å². The molecule has 0 aliphatic heterocycles. The molecular weight excluding hydrogens is 272 g/mol. The highest BCUT2D eigenvalue weighted by Crippen LogP contribution is 2.35. The summed E-state index contributed by atoms with van der Waals surface area (Å²) in [4.78, 5) is 12.1. The third kappa shape index (κ3) is 2.78. The SMILES string of the molecule is C=C(C)C(O)Cc1c(OC)cc(O)c2c(=O)cc(C)oc12. The minimum absolute atomic E-state index is 0.0883. The Morgan fingerprint density at radius 3 is 2.71 bits per heavy atom. The summed E-state index contributed by atoms with van der Waals surface area (Å²) < 4.78 is 10.8. The smallest absolute Gasteiger partial charge is 0.196 e. The first kappa shape index (κ1) is 15.1. The number of benzene rings is 1. The summed E-state index contributed by atoms with van der Waals surface area (Å²) >= 11 is 0. The van der Waals surface area contributed by atoms with E-state index in [0.717, 1.165) is 0 Å². The molecule has 2 aromatic rings. The molecule has 0 saturated carbocycles. The second-order valence-corrected chi connectivity index (χ2v) is 5.07. The number of aromatic hydroxyl groups is 1. The predicted octanol–water partition coefficient (Wildman–Crippen LogP) is 2.30. The summed E-state index contributed by atoms with van der Waals surface area (Å²) in [5.41, 5.74) is 1.02. The maximum Gasteiger partial charge on any atom is 0.196 e. The number of rotatable bonds is 4. The quantitative estimate of drug-likeness (QED) is 0.845. The average Bonchev–Trinajstić information content (AvgIpc) is 2.40. The van der Waals surface area contributed by atoms with Crippen LogP contribution >= 0.6 is 0 Å². The second kappa shape index (κ2) is 5.61. The fourth-order valence-corrected chi connectivity index (χ4v) is 2.20. The fraction of sp³-hybridized carbons (Fsp3) is 0.312. The van der Waals surface area contributed by atoms with Gasteiger partial charge in [0.25, 0.3) is 0 Å². The Kier molecular flexibility index (Phi) is 4.04. The maximum absolute atomic E-state index is 12.1. The van der Waals surface area contributed by atoms with Gasteiger partial charge in [-0.15, -0.1) is 0 Å². The molecule has 2 rings (SSSR count). The van der Waals surface area contributed by atoms with Crippen LogP contribution in [0.15, 0.2) is 33.5 Å². The van der Waals surface area contributed by atoms with Crippen LogP contribution in [-0.2, 0) is 6.42 Å². The van der Waals surface area contributed by atoms with E-state index < -0.39 is 6.10 Å². The number of phenols is 1. The first-order valence-electron chi connectivity index (χ1n) is 6.52. The maximum atomic E-state index is 12.1. The van der Waals surface area contributed by atoms with E-state index in [1.54, 1.807) is 13.8 Å². The van der Waals surface area contributed by atoms with Crippen LogP contribution in [0.5, 0.6) is 11.5 Å². The van der Waals surface area contributed by atoms with Crippen molar-refractivity contribution in [1.29, 1.82) is 0 Å². The molecule has 0 fully saturated rings. The molecule has 1 heterocycles. The molecule has 21 heavy (non-hydrogen) atoms. The Bertz CT molecular complexity index is 757. The van der Waals surface area contributed by atoms with Crippen molar-refractivity contribution in [3.05, 3.63) is 45.8 Å². The monoisotopic (exact) mass is 290 g/mol. The first-order valence-corrected chi connectivity index (χ1v) is 6.52. The lowest BCUT2D eigenvalue weighted by Gasteiger charge is -2.16. The zero-order valence-corrected chi connectivity index (χ0v) is 12.3. The minimum atomic E-state index is -0.794. The van der Waals surface area contributed by atoms with Crippen molar-refractivity contribution in [2.24, 2.45) is 0 Å². The van der Waals surface area contributed by atoms with Crippen molar-refractivity contribution in [3.8, 4) is 11.5 Å². The Morgan fingerprint density at radius 1 is 1.48 bits per heavy atom. The third-order valence-electron chi connectivity index (χ3n) is 3.35. The van der Waals surface area contributed by atoms with E-state index in [0.29, 0.717) is 22.6 Å². The lowest BCUT2D eigenvalue weighted by molar-refractivity contribution is 0.210. The third-order valence-corrected chi connectivity index (χ3v) is 3.35. The molecule has 1 aromatic heterocycles. The summed E-state index contributed by atoms with van der Waals surface area (Å²) in [5.74, 6) is 0.574. The number of aliphatic hydroxyl groups is 1. The normalized spacial score (nSPS) is 12.4. The molecule has 1 atom stereocenters. The largest absolute Gasteiger partial charge is 0.507 e. The van der Waals surface area contributed by atoms with E-state index in [9.17, 15) is 15.0 Å². The summed E-state index contributed by atoms with van der Waals surface area (Å²) in [5, 5.41) is 20.1. The van der Waals surface area contributed by atoms with Crippen LogP contribution in [0, 0.1) is 6.92 Å². The lowest BCUT2D eigenvalue weighted by atomic mass is 9.99. The number of ether oxygens (including phenoxy) is 1. The molecule has 112 valence electrons. The number of fused-ring (bicyclic) bond motifs is 1. The van der Waals surface area contributed by atoms with Crippen LogP contribution < -0.4 is 10.2 Å². The number of methoxy groups -OCH3 is 1. The van der Waals surface area contributed by atoms with Gasteiger partial charge in [0, 0.05) is 24.1 Å². The Hall–Kier alpha value is -2.27. The van der Waals surface area contributed by atoms with Gasteiger partial charge in [0.05, 0.1) is 13.2 Å². The van der Waals surface area contributed by atoms with E-state index in [2.05, 4.69) is 6.58 Å². The van der Waals surface area contributed by atoms with Crippen LogP contribution in [0.2, 0.25) is 0 Å².